The summed E-state index contributed by atoms with van der Waals surface area (Å²) < 4.78 is 5.66. The molecule has 0 aromatic rings. The lowest BCUT2D eigenvalue weighted by molar-refractivity contribution is -0.150. The van der Waals surface area contributed by atoms with Crippen molar-refractivity contribution in [3.63, 3.8) is 0 Å². The van der Waals surface area contributed by atoms with Gasteiger partial charge in [0, 0.05) is 25.2 Å². The van der Waals surface area contributed by atoms with Crippen LogP contribution in [0.15, 0.2) is 0 Å². The summed E-state index contributed by atoms with van der Waals surface area (Å²) in [5.74, 6) is 0.211. The van der Waals surface area contributed by atoms with Gasteiger partial charge in [0.25, 0.3) is 0 Å². The molecule has 0 aromatic heterocycles. The zero-order valence-corrected chi connectivity index (χ0v) is 12.4. The molecule has 0 spiro atoms. The minimum absolute atomic E-state index is 0.00759. The Morgan fingerprint density at radius 1 is 1.47 bits per heavy atom. The Morgan fingerprint density at radius 2 is 2.21 bits per heavy atom. The molecule has 2 unspecified atom stereocenters. The van der Waals surface area contributed by atoms with Crippen molar-refractivity contribution in [1.29, 1.82) is 0 Å². The number of amides is 1. The van der Waals surface area contributed by atoms with Crippen LogP contribution in [0.2, 0.25) is 0 Å². The molecule has 2 heterocycles. The molecule has 0 aliphatic carbocycles. The van der Waals surface area contributed by atoms with Gasteiger partial charge in [0.05, 0.1) is 12.1 Å². The van der Waals surface area contributed by atoms with Gasteiger partial charge in [-0.05, 0) is 46.7 Å². The number of piperazine rings is 1. The van der Waals surface area contributed by atoms with Gasteiger partial charge in [0.1, 0.15) is 0 Å². The number of rotatable bonds is 4. The maximum atomic E-state index is 12.6. The maximum absolute atomic E-state index is 12.6. The van der Waals surface area contributed by atoms with Crippen LogP contribution in [0.5, 0.6) is 0 Å². The Balaban J connectivity index is 2.07. The summed E-state index contributed by atoms with van der Waals surface area (Å²) >= 11 is 0. The molecule has 0 radical (unpaired) electrons. The summed E-state index contributed by atoms with van der Waals surface area (Å²) in [4.78, 5) is 16.7. The summed E-state index contributed by atoms with van der Waals surface area (Å²) in [5, 5.41) is 0. The normalized spacial score (nSPS) is 32.0. The molecule has 0 aromatic carbocycles. The highest BCUT2D eigenvalue weighted by Gasteiger charge is 2.43. The number of hydrogen-bond acceptors (Lipinski definition) is 4. The largest absolute Gasteiger partial charge is 0.376 e. The Bertz CT molecular complexity index is 327. The molecular weight excluding hydrogens is 242 g/mol. The fourth-order valence-corrected chi connectivity index (χ4v) is 3.12. The van der Waals surface area contributed by atoms with Gasteiger partial charge >= 0.3 is 0 Å². The molecule has 2 aliphatic rings. The van der Waals surface area contributed by atoms with Crippen LogP contribution >= 0.6 is 0 Å². The lowest BCUT2D eigenvalue weighted by atomic mass is 9.93. The molecule has 2 fully saturated rings. The van der Waals surface area contributed by atoms with Crippen molar-refractivity contribution in [2.24, 2.45) is 5.73 Å². The lowest BCUT2D eigenvalue weighted by Crippen LogP contribution is -2.66. The first-order valence-corrected chi connectivity index (χ1v) is 7.29. The van der Waals surface area contributed by atoms with E-state index in [2.05, 4.69) is 18.7 Å². The molecule has 5 nitrogen and oxygen atoms in total. The van der Waals surface area contributed by atoms with Crippen molar-refractivity contribution in [1.82, 2.24) is 9.80 Å². The average molecular weight is 269 g/mol. The van der Waals surface area contributed by atoms with E-state index in [0.717, 1.165) is 39.0 Å². The van der Waals surface area contributed by atoms with E-state index in [9.17, 15) is 4.79 Å². The van der Waals surface area contributed by atoms with Crippen LogP contribution in [0.4, 0.5) is 0 Å². The third-order valence-corrected chi connectivity index (χ3v) is 4.48. The number of ether oxygens (including phenoxy) is 1. The van der Waals surface area contributed by atoms with Gasteiger partial charge in [-0.2, -0.15) is 0 Å². The predicted octanol–water partition coefficient (Wildman–Crippen LogP) is 0.435. The SMILES string of the molecule is CN1C(CCN)C(=O)N(CC2CCCO2)CC1(C)C. The van der Waals surface area contributed by atoms with Crippen LogP contribution in [0.25, 0.3) is 0 Å². The number of carbonyl (C=O) groups excluding carboxylic acids is 1. The Kier molecular flexibility index (Phi) is 4.48. The number of nitrogens with two attached hydrogens (primary N) is 1. The summed E-state index contributed by atoms with van der Waals surface area (Å²) in [5.41, 5.74) is 5.65. The van der Waals surface area contributed by atoms with E-state index in [-0.39, 0.29) is 23.6 Å². The molecule has 19 heavy (non-hydrogen) atoms. The van der Waals surface area contributed by atoms with Crippen molar-refractivity contribution in [2.75, 3.05) is 33.3 Å². The summed E-state index contributed by atoms with van der Waals surface area (Å²) in [6.07, 6.45) is 3.13. The van der Waals surface area contributed by atoms with Crippen LogP contribution in [0, 0.1) is 0 Å². The minimum Gasteiger partial charge on any atom is -0.376 e. The van der Waals surface area contributed by atoms with Crippen LogP contribution in [-0.2, 0) is 9.53 Å². The zero-order valence-electron chi connectivity index (χ0n) is 12.4. The zero-order chi connectivity index (χ0) is 14.0. The fourth-order valence-electron chi connectivity index (χ4n) is 3.12. The first-order valence-electron chi connectivity index (χ1n) is 7.29. The van der Waals surface area contributed by atoms with Gasteiger partial charge in [-0.3, -0.25) is 9.69 Å². The molecule has 0 bridgehead atoms. The van der Waals surface area contributed by atoms with Crippen molar-refractivity contribution in [3.8, 4) is 0 Å². The molecule has 2 atom stereocenters. The van der Waals surface area contributed by atoms with Gasteiger partial charge in [-0.1, -0.05) is 0 Å². The van der Waals surface area contributed by atoms with E-state index >= 15 is 0 Å². The van der Waals surface area contributed by atoms with Gasteiger partial charge < -0.3 is 15.4 Å². The van der Waals surface area contributed by atoms with Gasteiger partial charge in [-0.15, -0.1) is 0 Å². The fraction of sp³-hybridized carbons (Fsp3) is 0.929. The second kappa shape index (κ2) is 5.77. The number of carbonyl (C=O) groups is 1. The average Bonchev–Trinajstić information content (AvgIpc) is 2.84. The summed E-state index contributed by atoms with van der Waals surface area (Å²) in [6.45, 7) is 7.25. The van der Waals surface area contributed by atoms with Crippen LogP contribution in [0.3, 0.4) is 0 Å². The summed E-state index contributed by atoms with van der Waals surface area (Å²) in [7, 11) is 2.03. The number of hydrogen-bond donors (Lipinski definition) is 1. The van der Waals surface area contributed by atoms with E-state index in [1.54, 1.807) is 0 Å². The second-order valence-electron chi connectivity index (χ2n) is 6.37. The lowest BCUT2D eigenvalue weighted by Gasteiger charge is -2.49. The van der Waals surface area contributed by atoms with Crippen LogP contribution in [0.1, 0.15) is 33.1 Å². The Morgan fingerprint density at radius 3 is 2.79 bits per heavy atom. The Labute approximate surface area is 116 Å². The predicted molar refractivity (Wildman–Crippen MR) is 74.9 cm³/mol. The van der Waals surface area contributed by atoms with E-state index < -0.39 is 0 Å². The number of likely N-dealkylation sites (N-methyl/N-ethyl adjacent to an activating group) is 1. The molecule has 5 heteroatoms. The molecule has 110 valence electrons. The first kappa shape index (κ1) is 14.8. The molecular formula is C14H27N3O2. The highest BCUT2D eigenvalue weighted by atomic mass is 16.5. The quantitative estimate of drug-likeness (QED) is 0.804. The topological polar surface area (TPSA) is 58.8 Å². The molecule has 2 saturated heterocycles. The molecule has 2 N–H and O–H groups in total. The third-order valence-electron chi connectivity index (χ3n) is 4.48. The molecule has 2 aliphatic heterocycles. The van der Waals surface area contributed by atoms with Crippen molar-refractivity contribution in [3.05, 3.63) is 0 Å². The maximum Gasteiger partial charge on any atom is 0.240 e. The Hall–Kier alpha value is -0.650. The summed E-state index contributed by atoms with van der Waals surface area (Å²) in [6, 6.07) is -0.0878. The molecule has 0 saturated carbocycles. The first-order chi connectivity index (χ1) is 8.95. The number of nitrogens with zero attached hydrogens (tertiary/aromatic N) is 2. The van der Waals surface area contributed by atoms with Crippen molar-refractivity contribution in [2.45, 2.75) is 50.8 Å². The highest BCUT2D eigenvalue weighted by molar-refractivity contribution is 5.83. The monoisotopic (exact) mass is 269 g/mol. The standard InChI is InChI=1S/C14H27N3O2/c1-14(2)10-17(9-11-5-4-8-19-11)13(18)12(6-7-15)16(14)3/h11-12H,4-10,15H2,1-3H3. The van der Waals surface area contributed by atoms with Crippen LogP contribution < -0.4 is 5.73 Å². The van der Waals surface area contributed by atoms with Crippen LogP contribution in [-0.4, -0.2) is 66.7 Å². The molecule has 1 amide bonds. The minimum atomic E-state index is -0.0878. The second-order valence-corrected chi connectivity index (χ2v) is 6.37. The van der Waals surface area contributed by atoms with E-state index in [1.807, 2.05) is 11.9 Å². The van der Waals surface area contributed by atoms with Crippen molar-refractivity contribution >= 4 is 5.91 Å². The van der Waals surface area contributed by atoms with E-state index in [1.165, 1.54) is 0 Å². The third kappa shape index (κ3) is 3.09. The van der Waals surface area contributed by atoms with Gasteiger partial charge in [0.15, 0.2) is 0 Å². The molecule has 2 rings (SSSR count). The van der Waals surface area contributed by atoms with Crippen molar-refractivity contribution < 1.29 is 9.53 Å². The van der Waals surface area contributed by atoms with Gasteiger partial charge in [0.2, 0.25) is 5.91 Å². The smallest absolute Gasteiger partial charge is 0.240 e. The highest BCUT2D eigenvalue weighted by Crippen LogP contribution is 2.27. The van der Waals surface area contributed by atoms with E-state index in [4.69, 9.17) is 10.5 Å². The van der Waals surface area contributed by atoms with E-state index in [0.29, 0.717) is 6.54 Å². The van der Waals surface area contributed by atoms with Gasteiger partial charge in [-0.25, -0.2) is 0 Å².